The van der Waals surface area contributed by atoms with Crippen molar-refractivity contribution in [1.29, 1.82) is 0 Å². The van der Waals surface area contributed by atoms with Gasteiger partial charge in [-0.15, -0.1) is 0 Å². The number of benzene rings is 1. The maximum Gasteiger partial charge on any atom is 0.284 e. The first kappa shape index (κ1) is 11.0. The molecule has 0 aliphatic rings. The minimum atomic E-state index is -0.615. The second-order valence-corrected chi connectivity index (χ2v) is 3.97. The van der Waals surface area contributed by atoms with Crippen LogP contribution < -0.4 is 5.73 Å². The Bertz CT molecular complexity index is 551. The van der Waals surface area contributed by atoms with E-state index in [-0.39, 0.29) is 5.82 Å². The zero-order valence-electron chi connectivity index (χ0n) is 8.00. The molecule has 6 heteroatoms. The van der Waals surface area contributed by atoms with Crippen LogP contribution in [0.2, 0.25) is 10.0 Å². The van der Waals surface area contributed by atoms with Gasteiger partial charge in [-0.05, 0) is 18.2 Å². The Hall–Kier alpha value is -1.52. The maximum atomic E-state index is 10.9. The Morgan fingerprint density at radius 1 is 1.38 bits per heavy atom. The van der Waals surface area contributed by atoms with Crippen molar-refractivity contribution >= 4 is 29.1 Å². The van der Waals surface area contributed by atoms with Crippen LogP contribution in [0.25, 0.3) is 11.3 Å². The molecule has 0 fully saturated rings. The van der Waals surface area contributed by atoms with Gasteiger partial charge in [0.05, 0.1) is 10.7 Å². The smallest absolute Gasteiger partial charge is 0.284 e. The SMILES string of the molecule is NC(=O)c1nc(-c2ccc(Cl)cc2Cl)c[nH]1. The van der Waals surface area contributed by atoms with Gasteiger partial charge in [-0.3, -0.25) is 4.79 Å². The minimum Gasteiger partial charge on any atom is -0.363 e. The van der Waals surface area contributed by atoms with Crippen molar-refractivity contribution in [3.63, 3.8) is 0 Å². The fraction of sp³-hybridized carbons (Fsp3) is 0. The van der Waals surface area contributed by atoms with Gasteiger partial charge in [0.2, 0.25) is 0 Å². The summed E-state index contributed by atoms with van der Waals surface area (Å²) >= 11 is 11.8. The van der Waals surface area contributed by atoms with Crippen LogP contribution in [-0.2, 0) is 0 Å². The lowest BCUT2D eigenvalue weighted by Crippen LogP contribution is -2.12. The molecule has 0 saturated carbocycles. The number of nitrogens with one attached hydrogen (secondary N) is 1. The first-order valence-corrected chi connectivity index (χ1v) is 5.14. The van der Waals surface area contributed by atoms with Gasteiger partial charge in [0.15, 0.2) is 5.82 Å². The first-order chi connectivity index (χ1) is 7.58. The van der Waals surface area contributed by atoms with Crippen molar-refractivity contribution in [2.24, 2.45) is 5.73 Å². The van der Waals surface area contributed by atoms with Crippen LogP contribution in [0.5, 0.6) is 0 Å². The molecule has 1 amide bonds. The standard InChI is InChI=1S/C10H7Cl2N3O/c11-5-1-2-6(7(12)3-5)8-4-14-10(15-8)9(13)16/h1-4H,(H2,13,16)(H,14,15). The van der Waals surface area contributed by atoms with Crippen LogP contribution >= 0.6 is 23.2 Å². The molecule has 1 aromatic heterocycles. The van der Waals surface area contributed by atoms with Crippen LogP contribution in [0.15, 0.2) is 24.4 Å². The molecule has 0 saturated heterocycles. The number of halogens is 2. The lowest BCUT2D eigenvalue weighted by atomic mass is 10.2. The van der Waals surface area contributed by atoms with Crippen molar-refractivity contribution in [1.82, 2.24) is 9.97 Å². The molecule has 0 unspecified atom stereocenters. The second-order valence-electron chi connectivity index (χ2n) is 3.12. The van der Waals surface area contributed by atoms with E-state index in [1.807, 2.05) is 0 Å². The number of hydrogen-bond donors (Lipinski definition) is 2. The van der Waals surface area contributed by atoms with Crippen molar-refractivity contribution in [2.45, 2.75) is 0 Å². The highest BCUT2D eigenvalue weighted by Gasteiger charge is 2.10. The molecule has 0 bridgehead atoms. The largest absolute Gasteiger partial charge is 0.363 e. The van der Waals surface area contributed by atoms with Gasteiger partial charge in [-0.1, -0.05) is 23.2 Å². The van der Waals surface area contributed by atoms with Gasteiger partial charge in [0, 0.05) is 16.8 Å². The van der Waals surface area contributed by atoms with E-state index in [0.717, 1.165) is 0 Å². The van der Waals surface area contributed by atoms with Crippen molar-refractivity contribution in [3.8, 4) is 11.3 Å². The minimum absolute atomic E-state index is 0.0982. The molecular weight excluding hydrogens is 249 g/mol. The van der Waals surface area contributed by atoms with Crippen molar-refractivity contribution in [3.05, 3.63) is 40.3 Å². The van der Waals surface area contributed by atoms with Crippen LogP contribution in [0, 0.1) is 0 Å². The number of carbonyl (C=O) groups is 1. The van der Waals surface area contributed by atoms with Crippen LogP contribution in [0.1, 0.15) is 10.6 Å². The highest BCUT2D eigenvalue weighted by atomic mass is 35.5. The third-order valence-electron chi connectivity index (χ3n) is 2.02. The predicted molar refractivity (Wildman–Crippen MR) is 62.6 cm³/mol. The number of primary amides is 1. The zero-order chi connectivity index (χ0) is 11.7. The number of imidazole rings is 1. The normalized spacial score (nSPS) is 10.4. The fourth-order valence-corrected chi connectivity index (χ4v) is 1.79. The Morgan fingerprint density at radius 2 is 2.12 bits per heavy atom. The Kier molecular flexibility index (Phi) is 2.85. The lowest BCUT2D eigenvalue weighted by Gasteiger charge is -2.00. The van der Waals surface area contributed by atoms with Crippen molar-refractivity contribution in [2.75, 3.05) is 0 Å². The zero-order valence-corrected chi connectivity index (χ0v) is 9.51. The highest BCUT2D eigenvalue weighted by molar-refractivity contribution is 6.36. The third kappa shape index (κ3) is 2.03. The van der Waals surface area contributed by atoms with Gasteiger partial charge in [0.1, 0.15) is 0 Å². The number of nitrogens with two attached hydrogens (primary N) is 1. The van der Waals surface area contributed by atoms with Gasteiger partial charge >= 0.3 is 0 Å². The van der Waals surface area contributed by atoms with E-state index in [1.165, 1.54) is 0 Å². The Morgan fingerprint density at radius 3 is 2.69 bits per heavy atom. The molecule has 1 aromatic carbocycles. The van der Waals surface area contributed by atoms with Gasteiger partial charge in [-0.25, -0.2) is 4.98 Å². The summed E-state index contributed by atoms with van der Waals surface area (Å²) in [5.74, 6) is -0.516. The number of carbonyl (C=O) groups excluding carboxylic acids is 1. The van der Waals surface area contributed by atoms with E-state index < -0.39 is 5.91 Å². The summed E-state index contributed by atoms with van der Waals surface area (Å²) in [5, 5.41) is 1.01. The summed E-state index contributed by atoms with van der Waals surface area (Å²) in [4.78, 5) is 17.5. The number of nitrogens with zero attached hydrogens (tertiary/aromatic N) is 1. The van der Waals surface area contributed by atoms with Gasteiger partial charge in [-0.2, -0.15) is 0 Å². The third-order valence-corrected chi connectivity index (χ3v) is 2.57. The van der Waals surface area contributed by atoms with E-state index in [1.54, 1.807) is 24.4 Å². The average molecular weight is 256 g/mol. The summed E-state index contributed by atoms with van der Waals surface area (Å²) in [5.41, 5.74) is 6.32. The number of hydrogen-bond acceptors (Lipinski definition) is 2. The molecule has 0 spiro atoms. The van der Waals surface area contributed by atoms with E-state index in [4.69, 9.17) is 28.9 Å². The molecule has 2 aromatic rings. The highest BCUT2D eigenvalue weighted by Crippen LogP contribution is 2.28. The predicted octanol–water partition coefficient (Wildman–Crippen LogP) is 2.48. The number of H-pyrrole nitrogens is 1. The summed E-state index contributed by atoms with van der Waals surface area (Å²) in [6, 6.07) is 5.03. The summed E-state index contributed by atoms with van der Waals surface area (Å²) < 4.78 is 0. The van der Waals surface area contributed by atoms with Crippen LogP contribution in [0.3, 0.4) is 0 Å². The van der Waals surface area contributed by atoms with Crippen LogP contribution in [-0.4, -0.2) is 15.9 Å². The number of aromatic nitrogens is 2. The van der Waals surface area contributed by atoms with Crippen LogP contribution in [0.4, 0.5) is 0 Å². The fourth-order valence-electron chi connectivity index (χ4n) is 1.28. The lowest BCUT2D eigenvalue weighted by molar-refractivity contribution is 0.0991. The number of amides is 1. The van der Waals surface area contributed by atoms with E-state index >= 15 is 0 Å². The quantitative estimate of drug-likeness (QED) is 0.866. The van der Waals surface area contributed by atoms with Gasteiger partial charge in [0.25, 0.3) is 5.91 Å². The molecule has 0 atom stereocenters. The molecule has 0 aliphatic heterocycles. The topological polar surface area (TPSA) is 71.8 Å². The molecule has 1 heterocycles. The van der Waals surface area contributed by atoms with E-state index in [0.29, 0.717) is 21.3 Å². The maximum absolute atomic E-state index is 10.9. The first-order valence-electron chi connectivity index (χ1n) is 4.38. The molecule has 16 heavy (non-hydrogen) atoms. The summed E-state index contributed by atoms with van der Waals surface area (Å²) in [6.45, 7) is 0. The number of aromatic amines is 1. The van der Waals surface area contributed by atoms with E-state index in [2.05, 4.69) is 9.97 Å². The molecule has 0 radical (unpaired) electrons. The van der Waals surface area contributed by atoms with E-state index in [9.17, 15) is 4.79 Å². The molecular formula is C10H7Cl2N3O. The second kappa shape index (κ2) is 4.15. The van der Waals surface area contributed by atoms with Crippen molar-refractivity contribution < 1.29 is 4.79 Å². The molecule has 3 N–H and O–H groups in total. The Balaban J connectivity index is 2.46. The van der Waals surface area contributed by atoms with Gasteiger partial charge < -0.3 is 10.7 Å². The Labute approximate surface area is 101 Å². The summed E-state index contributed by atoms with van der Waals surface area (Å²) in [6.07, 6.45) is 1.56. The molecule has 4 nitrogen and oxygen atoms in total. The molecule has 2 rings (SSSR count). The monoisotopic (exact) mass is 255 g/mol. The summed E-state index contributed by atoms with van der Waals surface area (Å²) in [7, 11) is 0. The molecule has 0 aliphatic carbocycles. The number of rotatable bonds is 2. The molecule has 82 valence electrons. The average Bonchev–Trinajstić information content (AvgIpc) is 2.66.